The number of hydrogen-bond acceptors (Lipinski definition) is 3. The van der Waals surface area contributed by atoms with Gasteiger partial charge >= 0.3 is 0 Å². The molecule has 21 heavy (non-hydrogen) atoms. The van der Waals surface area contributed by atoms with Gasteiger partial charge in [-0.25, -0.2) is 0 Å². The molecule has 1 saturated heterocycles. The van der Waals surface area contributed by atoms with E-state index < -0.39 is 0 Å². The maximum atomic E-state index is 9.80. The first-order valence-electron chi connectivity index (χ1n) is 7.29. The second kappa shape index (κ2) is 6.27. The molecule has 0 spiro atoms. The molecule has 110 valence electrons. The molecule has 2 aromatic carbocycles. The maximum absolute atomic E-state index is 9.80. The highest BCUT2D eigenvalue weighted by atomic mass is 35.5. The van der Waals surface area contributed by atoms with E-state index in [4.69, 9.17) is 11.6 Å². The van der Waals surface area contributed by atoms with Gasteiger partial charge in [0.05, 0.1) is 0 Å². The van der Waals surface area contributed by atoms with Crippen LogP contribution in [0.25, 0.3) is 0 Å². The van der Waals surface area contributed by atoms with Gasteiger partial charge in [0.1, 0.15) is 5.75 Å². The Morgan fingerprint density at radius 2 is 1.76 bits per heavy atom. The predicted molar refractivity (Wildman–Crippen MR) is 88.3 cm³/mol. The lowest BCUT2D eigenvalue weighted by atomic mass is 10.2. The van der Waals surface area contributed by atoms with E-state index in [1.54, 1.807) is 18.2 Å². The van der Waals surface area contributed by atoms with Gasteiger partial charge in [-0.2, -0.15) is 0 Å². The molecule has 0 atom stereocenters. The van der Waals surface area contributed by atoms with Crippen LogP contribution in [-0.4, -0.2) is 18.2 Å². The van der Waals surface area contributed by atoms with Gasteiger partial charge in [-0.3, -0.25) is 0 Å². The number of halogens is 1. The fourth-order valence-electron chi connectivity index (χ4n) is 2.66. The van der Waals surface area contributed by atoms with Crippen molar-refractivity contribution in [3.8, 4) is 5.75 Å². The minimum Gasteiger partial charge on any atom is -0.508 e. The van der Waals surface area contributed by atoms with Crippen molar-refractivity contribution in [2.75, 3.05) is 23.3 Å². The van der Waals surface area contributed by atoms with Gasteiger partial charge in [-0.05, 0) is 55.3 Å². The molecule has 4 heteroatoms. The van der Waals surface area contributed by atoms with Crippen molar-refractivity contribution < 1.29 is 5.11 Å². The normalized spacial score (nSPS) is 14.4. The summed E-state index contributed by atoms with van der Waals surface area (Å²) in [7, 11) is 0. The van der Waals surface area contributed by atoms with Crippen LogP contribution in [0.5, 0.6) is 5.75 Å². The molecule has 0 amide bonds. The molecule has 0 saturated carbocycles. The van der Waals surface area contributed by atoms with Crippen molar-refractivity contribution in [2.24, 2.45) is 0 Å². The van der Waals surface area contributed by atoms with Crippen molar-refractivity contribution in [2.45, 2.75) is 19.4 Å². The van der Waals surface area contributed by atoms with Crippen molar-refractivity contribution in [1.82, 2.24) is 0 Å². The number of phenolic OH excluding ortho intramolecular Hbond substituents is 1. The largest absolute Gasteiger partial charge is 0.508 e. The molecule has 1 fully saturated rings. The van der Waals surface area contributed by atoms with Crippen LogP contribution in [0, 0.1) is 0 Å². The van der Waals surface area contributed by atoms with Crippen LogP contribution in [0.1, 0.15) is 18.4 Å². The Morgan fingerprint density at radius 3 is 2.48 bits per heavy atom. The molecule has 3 rings (SSSR count). The minimum absolute atomic E-state index is 0.264. The van der Waals surface area contributed by atoms with Gasteiger partial charge in [0.15, 0.2) is 0 Å². The van der Waals surface area contributed by atoms with E-state index in [-0.39, 0.29) is 5.75 Å². The van der Waals surface area contributed by atoms with Crippen LogP contribution >= 0.6 is 11.6 Å². The average molecular weight is 303 g/mol. The third-order valence-electron chi connectivity index (χ3n) is 3.86. The highest BCUT2D eigenvalue weighted by Gasteiger charge is 2.11. The predicted octanol–water partition coefficient (Wildman–Crippen LogP) is 4.26. The van der Waals surface area contributed by atoms with E-state index in [0.717, 1.165) is 24.3 Å². The summed E-state index contributed by atoms with van der Waals surface area (Å²) in [5.74, 6) is 0.264. The van der Waals surface area contributed by atoms with Crippen LogP contribution in [0.2, 0.25) is 5.02 Å². The Labute approximate surface area is 130 Å². The second-order valence-electron chi connectivity index (χ2n) is 5.37. The van der Waals surface area contributed by atoms with E-state index in [0.29, 0.717) is 11.6 Å². The van der Waals surface area contributed by atoms with Gasteiger partial charge in [0.25, 0.3) is 0 Å². The van der Waals surface area contributed by atoms with Crippen molar-refractivity contribution >= 4 is 23.0 Å². The fourth-order valence-corrected chi connectivity index (χ4v) is 2.85. The first-order chi connectivity index (χ1) is 10.2. The Bertz CT molecular complexity index is 607. The van der Waals surface area contributed by atoms with Crippen molar-refractivity contribution in [1.29, 1.82) is 0 Å². The van der Waals surface area contributed by atoms with Gasteiger partial charge in [0.2, 0.25) is 0 Å². The molecule has 1 aliphatic heterocycles. The van der Waals surface area contributed by atoms with E-state index in [2.05, 4.69) is 34.5 Å². The highest BCUT2D eigenvalue weighted by molar-refractivity contribution is 6.30. The molecule has 3 nitrogen and oxygen atoms in total. The fraction of sp³-hybridized carbons (Fsp3) is 0.294. The van der Waals surface area contributed by atoms with Crippen molar-refractivity contribution in [3.63, 3.8) is 0 Å². The number of nitrogens with one attached hydrogen (secondary N) is 1. The zero-order valence-corrected chi connectivity index (χ0v) is 12.6. The topological polar surface area (TPSA) is 35.5 Å². The van der Waals surface area contributed by atoms with Crippen LogP contribution in [0.4, 0.5) is 11.4 Å². The molecule has 0 bridgehead atoms. The lowest BCUT2D eigenvalue weighted by Crippen LogP contribution is -2.17. The summed E-state index contributed by atoms with van der Waals surface area (Å²) < 4.78 is 0. The molecular formula is C17H19ClN2O. The number of anilines is 2. The van der Waals surface area contributed by atoms with Crippen LogP contribution in [0.15, 0.2) is 42.5 Å². The summed E-state index contributed by atoms with van der Waals surface area (Å²) in [4.78, 5) is 2.41. The first kappa shape index (κ1) is 14.1. The minimum atomic E-state index is 0.264. The lowest BCUT2D eigenvalue weighted by Gasteiger charge is -2.18. The molecule has 0 aromatic heterocycles. The number of benzene rings is 2. The average Bonchev–Trinajstić information content (AvgIpc) is 3.03. The standard InChI is InChI=1S/C17H19ClN2O/c18-14-3-8-17(21)13(11-14)12-19-15-4-6-16(7-5-15)20-9-1-2-10-20/h3-8,11,19,21H,1-2,9-10,12H2. The second-order valence-corrected chi connectivity index (χ2v) is 5.80. The molecule has 0 unspecified atom stereocenters. The lowest BCUT2D eigenvalue weighted by molar-refractivity contribution is 0.469. The molecule has 1 aliphatic rings. The molecule has 0 aliphatic carbocycles. The van der Waals surface area contributed by atoms with Gasteiger partial charge in [-0.15, -0.1) is 0 Å². The number of hydrogen-bond donors (Lipinski definition) is 2. The summed E-state index contributed by atoms with van der Waals surface area (Å²) in [5.41, 5.74) is 3.12. The number of rotatable bonds is 4. The zero-order chi connectivity index (χ0) is 14.7. The van der Waals surface area contributed by atoms with Gasteiger partial charge in [-0.1, -0.05) is 11.6 Å². The van der Waals surface area contributed by atoms with Crippen molar-refractivity contribution in [3.05, 3.63) is 53.1 Å². The third-order valence-corrected chi connectivity index (χ3v) is 4.10. The highest BCUT2D eigenvalue weighted by Crippen LogP contribution is 2.24. The Balaban J connectivity index is 1.64. The van der Waals surface area contributed by atoms with Gasteiger partial charge < -0.3 is 15.3 Å². The molecular weight excluding hydrogens is 284 g/mol. The summed E-state index contributed by atoms with van der Waals surface area (Å²) in [6.07, 6.45) is 2.57. The summed E-state index contributed by atoms with van der Waals surface area (Å²) in [6, 6.07) is 13.5. The van der Waals surface area contributed by atoms with E-state index in [9.17, 15) is 5.11 Å². The molecule has 2 aromatic rings. The number of aromatic hydroxyl groups is 1. The first-order valence-corrected chi connectivity index (χ1v) is 7.66. The monoisotopic (exact) mass is 302 g/mol. The van der Waals surface area contributed by atoms with E-state index >= 15 is 0 Å². The summed E-state index contributed by atoms with van der Waals surface area (Å²) in [6.45, 7) is 2.86. The molecule has 2 N–H and O–H groups in total. The van der Waals surface area contributed by atoms with Gasteiger partial charge in [0, 0.05) is 41.6 Å². The molecule has 0 radical (unpaired) electrons. The third kappa shape index (κ3) is 3.42. The number of phenols is 1. The summed E-state index contributed by atoms with van der Waals surface area (Å²) >= 11 is 5.95. The van der Waals surface area contributed by atoms with E-state index in [1.165, 1.54) is 18.5 Å². The Morgan fingerprint density at radius 1 is 1.05 bits per heavy atom. The van der Waals surface area contributed by atoms with E-state index in [1.807, 2.05) is 0 Å². The Kier molecular flexibility index (Phi) is 4.20. The summed E-state index contributed by atoms with van der Waals surface area (Å²) in [5, 5.41) is 13.7. The quantitative estimate of drug-likeness (QED) is 0.886. The van der Waals surface area contributed by atoms with Crippen LogP contribution < -0.4 is 10.2 Å². The smallest absolute Gasteiger partial charge is 0.120 e. The van der Waals surface area contributed by atoms with Crippen LogP contribution in [0.3, 0.4) is 0 Å². The number of nitrogens with zero attached hydrogens (tertiary/aromatic N) is 1. The maximum Gasteiger partial charge on any atom is 0.120 e. The zero-order valence-electron chi connectivity index (χ0n) is 11.8. The molecule has 1 heterocycles. The van der Waals surface area contributed by atoms with Crippen LogP contribution in [-0.2, 0) is 6.54 Å². The SMILES string of the molecule is Oc1ccc(Cl)cc1CNc1ccc(N2CCCC2)cc1. The Hall–Kier alpha value is -1.87.